The topological polar surface area (TPSA) is 95.7 Å². The minimum Gasteiger partial charge on any atom is -0.503 e. The van der Waals surface area contributed by atoms with Crippen molar-refractivity contribution < 1.29 is 23.5 Å². The monoisotopic (exact) mass is 558 g/mol. The van der Waals surface area contributed by atoms with Crippen LogP contribution >= 0.6 is 11.3 Å². The normalized spacial score (nSPS) is 15.8. The molecule has 2 aromatic heterocycles. The van der Waals surface area contributed by atoms with E-state index in [1.165, 1.54) is 29.1 Å². The minimum atomic E-state index is -0.747. The highest BCUT2D eigenvalue weighted by atomic mass is 32.1. The fraction of sp³-hybridized carbons (Fsp3) is 0.429. The van der Waals surface area contributed by atoms with Crippen LogP contribution in [0.25, 0.3) is 10.6 Å². The maximum atomic E-state index is 14.2. The maximum Gasteiger partial charge on any atom is 0.274 e. The number of hydrogen-bond donors (Lipinski definition) is 1. The van der Waals surface area contributed by atoms with Crippen molar-refractivity contribution in [1.82, 2.24) is 19.4 Å². The van der Waals surface area contributed by atoms with E-state index in [1.54, 1.807) is 9.80 Å². The number of benzene rings is 1. The number of nitrogens with zero attached hydrogens (tertiary/aromatic N) is 4. The Hall–Kier alpha value is -3.60. The molecule has 2 atom stereocenters. The fourth-order valence-corrected chi connectivity index (χ4v) is 5.78. The van der Waals surface area contributed by atoms with Gasteiger partial charge in [-0.3, -0.25) is 14.4 Å². The van der Waals surface area contributed by atoms with Crippen molar-refractivity contribution in [1.29, 1.82) is 0 Å². The Morgan fingerprint density at radius 3 is 2.59 bits per heavy atom. The molecule has 11 heteroatoms. The van der Waals surface area contributed by atoms with Gasteiger partial charge in [-0.05, 0) is 38.8 Å². The van der Waals surface area contributed by atoms with Gasteiger partial charge in [0.15, 0.2) is 11.4 Å². The molecule has 208 valence electrons. The number of thiazole rings is 1. The van der Waals surface area contributed by atoms with Crippen LogP contribution in [-0.4, -0.2) is 61.9 Å². The number of fused-ring (bicyclic) bond motifs is 1. The molecular weight excluding hydrogens is 526 g/mol. The van der Waals surface area contributed by atoms with Crippen molar-refractivity contribution in [2.24, 2.45) is 0 Å². The third-order valence-electron chi connectivity index (χ3n) is 7.29. The molecule has 0 bridgehead atoms. The SMILES string of the molecule is CC[C@@H](C)N1C[C@@H](CC(=O)N(CC)CC)n2cc(-c3ncc(Cc4ccc(F)cc4F)s3)c(=O)c(O)c2C1=O. The van der Waals surface area contributed by atoms with Crippen molar-refractivity contribution in [2.75, 3.05) is 19.6 Å². The highest BCUT2D eigenvalue weighted by Gasteiger charge is 2.38. The standard InChI is InChI=1S/C28H32F2N4O4S/c1-5-16(4)33-14-19(12-23(35)32(6-2)7-3)34-15-21(25(36)26(37)24(34)28(33)38)27-31-13-20(39-27)10-17-8-9-18(29)11-22(17)30/h8-9,11,13,15-16,19,37H,5-7,10,12,14H2,1-4H3/t16-,19-/m1/s1. The first kappa shape index (κ1) is 28.4. The molecule has 0 saturated heterocycles. The van der Waals surface area contributed by atoms with Gasteiger partial charge in [-0.15, -0.1) is 11.3 Å². The zero-order valence-electron chi connectivity index (χ0n) is 22.4. The number of carbonyl (C=O) groups is 2. The van der Waals surface area contributed by atoms with Crippen LogP contribution in [0.1, 0.15) is 67.5 Å². The molecule has 1 aromatic carbocycles. The second kappa shape index (κ2) is 11.6. The molecule has 1 aliphatic rings. The first-order chi connectivity index (χ1) is 18.6. The third kappa shape index (κ3) is 5.59. The first-order valence-electron chi connectivity index (χ1n) is 13.0. The zero-order valence-corrected chi connectivity index (χ0v) is 23.2. The Bertz CT molecular complexity index is 1450. The van der Waals surface area contributed by atoms with Gasteiger partial charge in [-0.25, -0.2) is 13.8 Å². The molecule has 0 spiro atoms. The van der Waals surface area contributed by atoms with Gasteiger partial charge in [-0.2, -0.15) is 0 Å². The molecule has 0 fully saturated rings. The van der Waals surface area contributed by atoms with E-state index in [1.807, 2.05) is 27.7 Å². The Morgan fingerprint density at radius 1 is 1.23 bits per heavy atom. The summed E-state index contributed by atoms with van der Waals surface area (Å²) >= 11 is 1.14. The van der Waals surface area contributed by atoms with Crippen molar-refractivity contribution >= 4 is 23.2 Å². The number of aromatic nitrogens is 2. The highest BCUT2D eigenvalue weighted by molar-refractivity contribution is 7.15. The lowest BCUT2D eigenvalue weighted by Gasteiger charge is -2.39. The summed E-state index contributed by atoms with van der Waals surface area (Å²) in [5.74, 6) is -2.60. The van der Waals surface area contributed by atoms with Crippen molar-refractivity contribution in [3.63, 3.8) is 0 Å². The zero-order chi connectivity index (χ0) is 28.4. The third-order valence-corrected chi connectivity index (χ3v) is 8.32. The average molecular weight is 559 g/mol. The fourth-order valence-electron chi connectivity index (χ4n) is 4.84. The van der Waals surface area contributed by atoms with Gasteiger partial charge in [0.25, 0.3) is 5.91 Å². The van der Waals surface area contributed by atoms with E-state index in [2.05, 4.69) is 4.98 Å². The highest BCUT2D eigenvalue weighted by Crippen LogP contribution is 2.34. The maximum absolute atomic E-state index is 14.2. The molecule has 0 saturated carbocycles. The van der Waals surface area contributed by atoms with Crippen molar-refractivity contribution in [2.45, 2.75) is 59.0 Å². The predicted octanol–water partition coefficient (Wildman–Crippen LogP) is 4.60. The Labute approximate surface area is 229 Å². The lowest BCUT2D eigenvalue weighted by molar-refractivity contribution is -0.131. The van der Waals surface area contributed by atoms with Gasteiger partial charge in [0, 0.05) is 61.9 Å². The molecule has 2 amide bonds. The van der Waals surface area contributed by atoms with E-state index in [9.17, 15) is 28.3 Å². The Morgan fingerprint density at radius 2 is 1.95 bits per heavy atom. The summed E-state index contributed by atoms with van der Waals surface area (Å²) in [4.78, 5) is 48.0. The van der Waals surface area contributed by atoms with Crippen LogP contribution in [0.5, 0.6) is 5.75 Å². The van der Waals surface area contributed by atoms with Gasteiger partial charge < -0.3 is 19.5 Å². The molecule has 3 heterocycles. The lowest BCUT2D eigenvalue weighted by Crippen LogP contribution is -2.49. The molecule has 4 rings (SSSR count). The van der Waals surface area contributed by atoms with Gasteiger partial charge >= 0.3 is 0 Å². The summed E-state index contributed by atoms with van der Waals surface area (Å²) in [6, 6.07) is 2.69. The smallest absolute Gasteiger partial charge is 0.274 e. The van der Waals surface area contributed by atoms with Crippen LogP contribution in [0.3, 0.4) is 0 Å². The number of pyridine rings is 1. The molecule has 39 heavy (non-hydrogen) atoms. The summed E-state index contributed by atoms with van der Waals surface area (Å²) in [7, 11) is 0. The summed E-state index contributed by atoms with van der Waals surface area (Å²) in [5, 5.41) is 11.3. The molecule has 3 aromatic rings. The predicted molar refractivity (Wildman–Crippen MR) is 145 cm³/mol. The van der Waals surface area contributed by atoms with Crippen LogP contribution in [0.15, 0.2) is 35.4 Å². The van der Waals surface area contributed by atoms with E-state index < -0.39 is 34.8 Å². The number of halogens is 2. The number of amides is 2. The summed E-state index contributed by atoms with van der Waals surface area (Å²) in [5.41, 5.74) is -0.527. The molecular formula is C28H32F2N4O4S. The average Bonchev–Trinajstić information content (AvgIpc) is 3.37. The van der Waals surface area contributed by atoms with Crippen molar-refractivity contribution in [3.8, 4) is 16.3 Å². The molecule has 0 radical (unpaired) electrons. The second-order valence-electron chi connectivity index (χ2n) is 9.66. The molecule has 1 aliphatic heterocycles. The molecule has 8 nitrogen and oxygen atoms in total. The van der Waals surface area contributed by atoms with Crippen LogP contribution in [0.2, 0.25) is 0 Å². The number of hydrogen-bond acceptors (Lipinski definition) is 6. The second-order valence-corrected chi connectivity index (χ2v) is 10.8. The van der Waals surface area contributed by atoms with E-state index >= 15 is 0 Å². The molecule has 0 unspecified atom stereocenters. The van der Waals surface area contributed by atoms with Crippen LogP contribution in [0.4, 0.5) is 8.78 Å². The summed E-state index contributed by atoms with van der Waals surface area (Å²) in [6.45, 7) is 8.95. The van der Waals surface area contributed by atoms with Gasteiger partial charge in [0.2, 0.25) is 11.3 Å². The summed E-state index contributed by atoms with van der Waals surface area (Å²) in [6.07, 6.45) is 3.89. The van der Waals surface area contributed by atoms with Crippen molar-refractivity contribution in [3.05, 3.63) is 68.6 Å². The number of carbonyl (C=O) groups excluding carboxylic acids is 2. The largest absolute Gasteiger partial charge is 0.503 e. The first-order valence-corrected chi connectivity index (χ1v) is 13.9. The van der Waals surface area contributed by atoms with E-state index in [-0.39, 0.29) is 53.2 Å². The van der Waals surface area contributed by atoms with Gasteiger partial charge in [0.1, 0.15) is 16.6 Å². The molecule has 1 N–H and O–H groups in total. The van der Waals surface area contributed by atoms with E-state index in [0.29, 0.717) is 24.4 Å². The van der Waals surface area contributed by atoms with Crippen LogP contribution < -0.4 is 5.43 Å². The summed E-state index contributed by atoms with van der Waals surface area (Å²) < 4.78 is 29.0. The lowest BCUT2D eigenvalue weighted by atomic mass is 10.0. The number of aromatic hydroxyl groups is 1. The Kier molecular flexibility index (Phi) is 8.48. The quantitative estimate of drug-likeness (QED) is 0.414. The van der Waals surface area contributed by atoms with Crippen LogP contribution in [0, 0.1) is 11.6 Å². The van der Waals surface area contributed by atoms with Gasteiger partial charge in [0.05, 0.1) is 11.6 Å². The van der Waals surface area contributed by atoms with E-state index in [0.717, 1.165) is 17.4 Å². The number of rotatable bonds is 9. The van der Waals surface area contributed by atoms with E-state index in [4.69, 9.17) is 0 Å². The van der Waals surface area contributed by atoms with Gasteiger partial charge in [-0.1, -0.05) is 13.0 Å². The Balaban J connectivity index is 1.76. The van der Waals surface area contributed by atoms with Crippen LogP contribution in [-0.2, 0) is 11.2 Å². The molecule has 0 aliphatic carbocycles. The minimum absolute atomic E-state index is 0.0807.